The molecule has 2 aromatic heterocycles. The highest BCUT2D eigenvalue weighted by Gasteiger charge is 2.45. The average molecular weight is 251 g/mol. The molecule has 3 rings (SSSR count). The van der Waals surface area contributed by atoms with E-state index < -0.39 is 0 Å². The quantitative estimate of drug-likeness (QED) is 0.898. The first-order valence-corrected chi connectivity index (χ1v) is 6.20. The zero-order chi connectivity index (χ0) is 13.1. The number of aromatic nitrogens is 3. The Hall–Kier alpha value is -2.48. The largest absolute Gasteiger partial charge is 0.368 e. The van der Waals surface area contributed by atoms with E-state index in [-0.39, 0.29) is 5.41 Å². The third-order valence-corrected chi connectivity index (χ3v) is 3.44. The van der Waals surface area contributed by atoms with Crippen molar-refractivity contribution in [1.82, 2.24) is 15.0 Å². The van der Waals surface area contributed by atoms with Gasteiger partial charge in [-0.2, -0.15) is 5.26 Å². The Bertz CT molecular complexity index is 596. The number of rotatable bonds is 4. The lowest BCUT2D eigenvalue weighted by atomic mass is 10.0. The molecule has 94 valence electrons. The molecule has 0 bridgehead atoms. The van der Waals surface area contributed by atoms with Crippen LogP contribution in [0.25, 0.3) is 0 Å². The van der Waals surface area contributed by atoms with E-state index in [1.165, 1.54) is 6.20 Å². The topological polar surface area (TPSA) is 74.5 Å². The summed E-state index contributed by atoms with van der Waals surface area (Å²) >= 11 is 0. The van der Waals surface area contributed by atoms with Gasteiger partial charge in [0.15, 0.2) is 5.69 Å². The van der Waals surface area contributed by atoms with Crippen molar-refractivity contribution in [2.45, 2.75) is 18.3 Å². The minimum Gasteiger partial charge on any atom is -0.368 e. The average Bonchev–Trinajstić information content (AvgIpc) is 3.28. The molecule has 1 N–H and O–H groups in total. The van der Waals surface area contributed by atoms with Gasteiger partial charge in [0, 0.05) is 23.9 Å². The Kier molecular flexibility index (Phi) is 2.84. The van der Waals surface area contributed by atoms with Gasteiger partial charge < -0.3 is 5.32 Å². The predicted octanol–water partition coefficient (Wildman–Crippen LogP) is 1.89. The van der Waals surface area contributed by atoms with Gasteiger partial charge in [-0.25, -0.2) is 9.97 Å². The molecular formula is C14H13N5. The molecule has 0 aliphatic heterocycles. The standard InChI is InChI=1S/C14H13N5/c15-7-11-8-18-13(9-17-11)19-10-14(4-5-14)12-3-1-2-6-16-12/h1-3,6,8-9H,4-5,10H2,(H,18,19). The second kappa shape index (κ2) is 4.65. The highest BCUT2D eigenvalue weighted by molar-refractivity contribution is 5.37. The Labute approximate surface area is 111 Å². The highest BCUT2D eigenvalue weighted by Crippen LogP contribution is 2.47. The lowest BCUT2D eigenvalue weighted by molar-refractivity contribution is 0.700. The van der Waals surface area contributed by atoms with Gasteiger partial charge in [0.05, 0.1) is 12.4 Å². The molecule has 1 saturated carbocycles. The normalized spacial score (nSPS) is 15.5. The zero-order valence-corrected chi connectivity index (χ0v) is 10.4. The zero-order valence-electron chi connectivity index (χ0n) is 10.4. The van der Waals surface area contributed by atoms with Crippen molar-refractivity contribution in [2.24, 2.45) is 0 Å². The molecule has 5 heteroatoms. The van der Waals surface area contributed by atoms with Crippen molar-refractivity contribution in [3.8, 4) is 6.07 Å². The molecule has 1 aliphatic rings. The van der Waals surface area contributed by atoms with Crippen molar-refractivity contribution in [3.63, 3.8) is 0 Å². The molecule has 0 saturated heterocycles. The van der Waals surface area contributed by atoms with Gasteiger partial charge in [0.2, 0.25) is 0 Å². The molecule has 2 heterocycles. The maximum absolute atomic E-state index is 8.67. The van der Waals surface area contributed by atoms with Crippen molar-refractivity contribution in [1.29, 1.82) is 5.26 Å². The lowest BCUT2D eigenvalue weighted by Crippen LogP contribution is -2.21. The van der Waals surface area contributed by atoms with Gasteiger partial charge >= 0.3 is 0 Å². The van der Waals surface area contributed by atoms with Crippen LogP contribution in [0.15, 0.2) is 36.8 Å². The monoisotopic (exact) mass is 251 g/mol. The van der Waals surface area contributed by atoms with Crippen molar-refractivity contribution < 1.29 is 0 Å². The number of pyridine rings is 1. The number of nitrogens with zero attached hydrogens (tertiary/aromatic N) is 4. The molecule has 0 radical (unpaired) electrons. The molecule has 0 aromatic carbocycles. The van der Waals surface area contributed by atoms with Crippen LogP contribution >= 0.6 is 0 Å². The fraction of sp³-hybridized carbons (Fsp3) is 0.286. The summed E-state index contributed by atoms with van der Waals surface area (Å²) in [5.74, 6) is 0.696. The van der Waals surface area contributed by atoms with Crippen LogP contribution in [-0.2, 0) is 5.41 Å². The first-order valence-electron chi connectivity index (χ1n) is 6.20. The molecule has 1 fully saturated rings. The van der Waals surface area contributed by atoms with E-state index in [9.17, 15) is 0 Å². The molecule has 19 heavy (non-hydrogen) atoms. The number of nitrogens with one attached hydrogen (secondary N) is 1. The van der Waals surface area contributed by atoms with Gasteiger partial charge in [-0.1, -0.05) is 6.07 Å². The predicted molar refractivity (Wildman–Crippen MR) is 70.4 cm³/mol. The summed E-state index contributed by atoms with van der Waals surface area (Å²) in [5.41, 5.74) is 1.59. The minimum atomic E-state index is 0.136. The number of hydrogen-bond donors (Lipinski definition) is 1. The fourth-order valence-corrected chi connectivity index (χ4v) is 2.09. The van der Waals surface area contributed by atoms with E-state index in [1.54, 1.807) is 6.20 Å². The summed E-state index contributed by atoms with van der Waals surface area (Å²) in [6.45, 7) is 0.796. The molecule has 0 unspecified atom stereocenters. The van der Waals surface area contributed by atoms with Gasteiger partial charge in [-0.05, 0) is 25.0 Å². The van der Waals surface area contributed by atoms with E-state index >= 15 is 0 Å². The lowest BCUT2D eigenvalue weighted by Gasteiger charge is -2.15. The maximum Gasteiger partial charge on any atom is 0.158 e. The Morgan fingerprint density at radius 2 is 2.11 bits per heavy atom. The Balaban J connectivity index is 1.68. The van der Waals surface area contributed by atoms with Crippen molar-refractivity contribution >= 4 is 5.82 Å². The molecule has 0 spiro atoms. The molecule has 5 nitrogen and oxygen atoms in total. The van der Waals surface area contributed by atoms with Crippen LogP contribution in [0, 0.1) is 11.3 Å². The summed E-state index contributed by atoms with van der Waals surface area (Å²) in [6, 6.07) is 7.97. The number of hydrogen-bond acceptors (Lipinski definition) is 5. The van der Waals surface area contributed by atoms with Gasteiger partial charge in [0.25, 0.3) is 0 Å². The number of anilines is 1. The summed E-state index contributed by atoms with van der Waals surface area (Å²) < 4.78 is 0. The van der Waals surface area contributed by atoms with E-state index in [1.807, 2.05) is 24.4 Å². The molecule has 0 atom stereocenters. The second-order valence-electron chi connectivity index (χ2n) is 4.75. The van der Waals surface area contributed by atoms with E-state index in [0.29, 0.717) is 11.5 Å². The summed E-state index contributed by atoms with van der Waals surface area (Å²) in [7, 11) is 0. The first-order chi connectivity index (χ1) is 9.32. The third kappa shape index (κ3) is 2.38. The van der Waals surface area contributed by atoms with E-state index in [4.69, 9.17) is 5.26 Å². The van der Waals surface area contributed by atoms with Crippen LogP contribution in [-0.4, -0.2) is 21.5 Å². The second-order valence-corrected chi connectivity index (χ2v) is 4.75. The minimum absolute atomic E-state index is 0.136. The van der Waals surface area contributed by atoms with Crippen LogP contribution < -0.4 is 5.32 Å². The third-order valence-electron chi connectivity index (χ3n) is 3.44. The maximum atomic E-state index is 8.67. The SMILES string of the molecule is N#Cc1cnc(NCC2(c3ccccn3)CC2)cn1. The van der Waals surface area contributed by atoms with E-state index in [2.05, 4.69) is 26.3 Å². The first kappa shape index (κ1) is 11.6. The van der Waals surface area contributed by atoms with Gasteiger partial charge in [-0.3, -0.25) is 4.98 Å². The summed E-state index contributed by atoms with van der Waals surface area (Å²) in [6.07, 6.45) is 7.17. The molecule has 2 aromatic rings. The summed E-state index contributed by atoms with van der Waals surface area (Å²) in [5, 5.41) is 11.9. The van der Waals surface area contributed by atoms with Crippen LogP contribution in [0.5, 0.6) is 0 Å². The van der Waals surface area contributed by atoms with Crippen LogP contribution in [0.4, 0.5) is 5.82 Å². The Morgan fingerprint density at radius 3 is 2.68 bits per heavy atom. The van der Waals surface area contributed by atoms with Gasteiger partial charge in [0.1, 0.15) is 11.9 Å². The molecule has 1 aliphatic carbocycles. The Morgan fingerprint density at radius 1 is 1.21 bits per heavy atom. The molecule has 0 amide bonds. The van der Waals surface area contributed by atoms with Crippen LogP contribution in [0.2, 0.25) is 0 Å². The van der Waals surface area contributed by atoms with Gasteiger partial charge in [-0.15, -0.1) is 0 Å². The van der Waals surface area contributed by atoms with Crippen molar-refractivity contribution in [2.75, 3.05) is 11.9 Å². The highest BCUT2D eigenvalue weighted by atomic mass is 15.0. The van der Waals surface area contributed by atoms with E-state index in [0.717, 1.165) is 25.1 Å². The fourth-order valence-electron chi connectivity index (χ4n) is 2.09. The molecular weight excluding hydrogens is 238 g/mol. The van der Waals surface area contributed by atoms with Crippen LogP contribution in [0.1, 0.15) is 24.2 Å². The van der Waals surface area contributed by atoms with Crippen molar-refractivity contribution in [3.05, 3.63) is 48.2 Å². The van der Waals surface area contributed by atoms with Crippen LogP contribution in [0.3, 0.4) is 0 Å². The smallest absolute Gasteiger partial charge is 0.158 e. The summed E-state index contributed by atoms with van der Waals surface area (Å²) in [4.78, 5) is 12.6. The number of nitriles is 1.